The fourth-order valence-electron chi connectivity index (χ4n) is 2.70. The van der Waals surface area contributed by atoms with Gasteiger partial charge in [-0.1, -0.05) is 25.6 Å². The van der Waals surface area contributed by atoms with Gasteiger partial charge < -0.3 is 19.7 Å². The molecule has 0 aromatic heterocycles. The van der Waals surface area contributed by atoms with Crippen LogP contribution in [0.15, 0.2) is 36.9 Å². The summed E-state index contributed by atoms with van der Waals surface area (Å²) in [5.41, 5.74) is 0.811. The number of carbonyl (C=O) groups is 2. The lowest BCUT2D eigenvalue weighted by Crippen LogP contribution is -2.56. The van der Waals surface area contributed by atoms with Gasteiger partial charge in [0.15, 0.2) is 11.5 Å². The number of hydrogen-bond acceptors (Lipinski definition) is 4. The van der Waals surface area contributed by atoms with Crippen LogP contribution in [0, 0.1) is 0 Å². The maximum atomic E-state index is 12.4. The Morgan fingerprint density at radius 2 is 2.24 bits per heavy atom. The highest BCUT2D eigenvalue weighted by Gasteiger charge is 2.30. The van der Waals surface area contributed by atoms with Crippen LogP contribution in [-0.2, 0) is 9.59 Å². The largest absolute Gasteiger partial charge is 0.493 e. The minimum absolute atomic E-state index is 0.0964. The average molecular weight is 344 g/mol. The van der Waals surface area contributed by atoms with Crippen molar-refractivity contribution >= 4 is 17.9 Å². The first-order valence-corrected chi connectivity index (χ1v) is 8.28. The van der Waals surface area contributed by atoms with Crippen molar-refractivity contribution < 1.29 is 19.1 Å². The number of amides is 2. The molecule has 1 aromatic carbocycles. The molecule has 1 aliphatic heterocycles. The quantitative estimate of drug-likeness (QED) is 0.607. The molecule has 1 N–H and O–H groups in total. The number of ether oxygens (including phenoxy) is 2. The van der Waals surface area contributed by atoms with Gasteiger partial charge in [-0.05, 0) is 30.2 Å². The molecule has 2 rings (SSSR count). The topological polar surface area (TPSA) is 67.9 Å². The predicted molar refractivity (Wildman–Crippen MR) is 96.5 cm³/mol. The number of nitrogens with one attached hydrogen (secondary N) is 1. The van der Waals surface area contributed by atoms with E-state index in [4.69, 9.17) is 9.47 Å². The minimum atomic E-state index is -0.407. The fourth-order valence-corrected chi connectivity index (χ4v) is 2.70. The van der Waals surface area contributed by atoms with Gasteiger partial charge in [0.1, 0.15) is 12.6 Å². The third-order valence-corrected chi connectivity index (χ3v) is 3.96. The van der Waals surface area contributed by atoms with E-state index in [0.29, 0.717) is 37.6 Å². The van der Waals surface area contributed by atoms with E-state index < -0.39 is 6.04 Å². The molecule has 0 radical (unpaired) electrons. The lowest BCUT2D eigenvalue weighted by Gasteiger charge is -2.33. The van der Waals surface area contributed by atoms with Crippen molar-refractivity contribution in [2.75, 3.05) is 26.8 Å². The summed E-state index contributed by atoms with van der Waals surface area (Å²) in [6.45, 7) is 6.90. The Bertz CT molecular complexity index is 669. The Morgan fingerprint density at radius 1 is 1.44 bits per heavy atom. The highest BCUT2D eigenvalue weighted by atomic mass is 16.5. The van der Waals surface area contributed by atoms with Crippen molar-refractivity contribution in [2.24, 2.45) is 0 Å². The first kappa shape index (κ1) is 18.6. The molecule has 0 aliphatic carbocycles. The number of benzene rings is 1. The number of nitrogens with zero attached hydrogens (tertiary/aromatic N) is 1. The summed E-state index contributed by atoms with van der Waals surface area (Å²) in [5.74, 6) is 0.929. The summed E-state index contributed by atoms with van der Waals surface area (Å²) in [6, 6.07) is 5.01. The SMILES string of the molecule is C=CCOc1ccc(C=CC(=O)N2CCNC(=O)C2CC)cc1OC. The molecule has 6 nitrogen and oxygen atoms in total. The van der Waals surface area contributed by atoms with Crippen molar-refractivity contribution in [1.82, 2.24) is 10.2 Å². The van der Waals surface area contributed by atoms with E-state index in [1.807, 2.05) is 13.0 Å². The van der Waals surface area contributed by atoms with E-state index >= 15 is 0 Å². The molecule has 1 atom stereocenters. The number of rotatable bonds is 7. The highest BCUT2D eigenvalue weighted by Crippen LogP contribution is 2.28. The molecule has 1 saturated heterocycles. The number of piperazine rings is 1. The Kier molecular flexibility index (Phi) is 6.62. The van der Waals surface area contributed by atoms with Crippen LogP contribution in [0.3, 0.4) is 0 Å². The Balaban J connectivity index is 2.11. The standard InChI is InChI=1S/C19H24N2O4/c1-4-12-25-16-8-6-14(13-17(16)24-3)7-9-18(22)21-11-10-20-19(23)15(21)5-2/h4,6-9,13,15H,1,5,10-12H2,2-3H3,(H,20,23). The van der Waals surface area contributed by atoms with Crippen LogP contribution in [0.4, 0.5) is 0 Å². The van der Waals surface area contributed by atoms with E-state index in [0.717, 1.165) is 5.56 Å². The van der Waals surface area contributed by atoms with E-state index in [1.54, 1.807) is 36.3 Å². The number of hydrogen-bond donors (Lipinski definition) is 1. The zero-order chi connectivity index (χ0) is 18.2. The van der Waals surface area contributed by atoms with E-state index in [2.05, 4.69) is 11.9 Å². The lowest BCUT2D eigenvalue weighted by atomic mass is 10.1. The van der Waals surface area contributed by atoms with Gasteiger partial charge in [-0.2, -0.15) is 0 Å². The van der Waals surface area contributed by atoms with Gasteiger partial charge in [-0.3, -0.25) is 9.59 Å². The summed E-state index contributed by atoms with van der Waals surface area (Å²) in [4.78, 5) is 25.9. The zero-order valence-electron chi connectivity index (χ0n) is 14.7. The molecule has 1 unspecified atom stereocenters. The summed E-state index contributed by atoms with van der Waals surface area (Å²) in [5, 5.41) is 2.79. The molecule has 0 spiro atoms. The van der Waals surface area contributed by atoms with Gasteiger partial charge in [0.25, 0.3) is 0 Å². The second kappa shape index (κ2) is 8.92. The summed E-state index contributed by atoms with van der Waals surface area (Å²) in [6.07, 6.45) is 5.45. The second-order valence-corrected chi connectivity index (χ2v) is 5.59. The smallest absolute Gasteiger partial charge is 0.247 e. The molecule has 134 valence electrons. The molecule has 2 amide bonds. The monoisotopic (exact) mass is 344 g/mol. The van der Waals surface area contributed by atoms with E-state index in [1.165, 1.54) is 6.08 Å². The van der Waals surface area contributed by atoms with Crippen molar-refractivity contribution in [3.8, 4) is 11.5 Å². The molecular weight excluding hydrogens is 320 g/mol. The number of methoxy groups -OCH3 is 1. The molecule has 1 aromatic rings. The Hall–Kier alpha value is -2.76. The normalized spacial score (nSPS) is 17.3. The van der Waals surface area contributed by atoms with Gasteiger partial charge in [-0.15, -0.1) is 0 Å². The van der Waals surface area contributed by atoms with Crippen LogP contribution in [0.1, 0.15) is 18.9 Å². The van der Waals surface area contributed by atoms with Crippen molar-refractivity contribution in [1.29, 1.82) is 0 Å². The van der Waals surface area contributed by atoms with Crippen LogP contribution in [0.5, 0.6) is 11.5 Å². The van der Waals surface area contributed by atoms with Crippen LogP contribution in [-0.4, -0.2) is 49.6 Å². The third-order valence-electron chi connectivity index (χ3n) is 3.96. The summed E-state index contributed by atoms with van der Waals surface area (Å²) >= 11 is 0. The molecule has 6 heteroatoms. The molecular formula is C19H24N2O4. The average Bonchev–Trinajstić information content (AvgIpc) is 2.64. The highest BCUT2D eigenvalue weighted by molar-refractivity contribution is 5.96. The molecule has 1 heterocycles. The number of carbonyl (C=O) groups excluding carboxylic acids is 2. The van der Waals surface area contributed by atoms with E-state index in [9.17, 15) is 9.59 Å². The van der Waals surface area contributed by atoms with Crippen LogP contribution in [0.25, 0.3) is 6.08 Å². The van der Waals surface area contributed by atoms with Crippen LogP contribution >= 0.6 is 0 Å². The summed E-state index contributed by atoms with van der Waals surface area (Å²) in [7, 11) is 1.56. The van der Waals surface area contributed by atoms with Gasteiger partial charge in [0.05, 0.1) is 7.11 Å². The Morgan fingerprint density at radius 3 is 2.92 bits per heavy atom. The second-order valence-electron chi connectivity index (χ2n) is 5.59. The van der Waals surface area contributed by atoms with Gasteiger partial charge >= 0.3 is 0 Å². The predicted octanol–water partition coefficient (Wildman–Crippen LogP) is 2.01. The van der Waals surface area contributed by atoms with Crippen molar-refractivity contribution in [3.05, 3.63) is 42.5 Å². The van der Waals surface area contributed by atoms with Crippen LogP contribution < -0.4 is 14.8 Å². The van der Waals surface area contributed by atoms with Crippen LogP contribution in [0.2, 0.25) is 0 Å². The third kappa shape index (κ3) is 4.62. The van der Waals surface area contributed by atoms with E-state index in [-0.39, 0.29) is 11.8 Å². The maximum absolute atomic E-state index is 12.4. The molecule has 0 bridgehead atoms. The fraction of sp³-hybridized carbons (Fsp3) is 0.368. The first-order chi connectivity index (χ1) is 12.1. The van der Waals surface area contributed by atoms with Gasteiger partial charge in [0, 0.05) is 19.2 Å². The molecule has 0 saturated carbocycles. The minimum Gasteiger partial charge on any atom is -0.493 e. The maximum Gasteiger partial charge on any atom is 0.247 e. The lowest BCUT2D eigenvalue weighted by molar-refractivity contribution is -0.140. The molecule has 1 aliphatic rings. The van der Waals surface area contributed by atoms with Crippen molar-refractivity contribution in [3.63, 3.8) is 0 Å². The molecule has 1 fully saturated rings. The Labute approximate surface area is 148 Å². The van der Waals surface area contributed by atoms with Crippen molar-refractivity contribution in [2.45, 2.75) is 19.4 Å². The first-order valence-electron chi connectivity index (χ1n) is 8.28. The summed E-state index contributed by atoms with van der Waals surface area (Å²) < 4.78 is 10.8. The molecule has 25 heavy (non-hydrogen) atoms. The van der Waals surface area contributed by atoms with Gasteiger partial charge in [0.2, 0.25) is 11.8 Å². The zero-order valence-corrected chi connectivity index (χ0v) is 14.7. The van der Waals surface area contributed by atoms with Gasteiger partial charge in [-0.25, -0.2) is 0 Å².